The molecule has 0 amide bonds. The van der Waals surface area contributed by atoms with Crippen molar-refractivity contribution in [2.75, 3.05) is 19.6 Å². The maximum Gasteiger partial charge on any atom is 0.0541 e. The van der Waals surface area contributed by atoms with Gasteiger partial charge in [-0.1, -0.05) is 24.3 Å². The zero-order valence-electron chi connectivity index (χ0n) is 11.2. The Balaban J connectivity index is 1.52. The summed E-state index contributed by atoms with van der Waals surface area (Å²) in [5.74, 6) is 1.28. The quantitative estimate of drug-likeness (QED) is 0.884. The van der Waals surface area contributed by atoms with Gasteiger partial charge in [0, 0.05) is 12.5 Å². The zero-order chi connectivity index (χ0) is 12.5. The number of piperidine rings is 1. The summed E-state index contributed by atoms with van der Waals surface area (Å²) in [5, 5.41) is 9.61. The minimum absolute atomic E-state index is 0.128. The number of hydrogen-bond donors (Lipinski definition) is 1. The van der Waals surface area contributed by atoms with Crippen LogP contribution in [0.5, 0.6) is 0 Å². The van der Waals surface area contributed by atoms with E-state index in [1.165, 1.54) is 13.0 Å². The number of fused-ring (bicyclic) bond motifs is 1. The Labute approximate surface area is 110 Å². The molecule has 1 heterocycles. The molecule has 1 aromatic carbocycles. The normalized spacial score (nSPS) is 26.4. The molecule has 0 bridgehead atoms. The number of benzene rings is 1. The lowest BCUT2D eigenvalue weighted by Crippen LogP contribution is -2.40. The van der Waals surface area contributed by atoms with Crippen LogP contribution in [0.1, 0.15) is 36.8 Å². The van der Waals surface area contributed by atoms with Crippen LogP contribution in [0, 0.1) is 5.92 Å². The SMILES string of the molecule is CC(O)C1CCN(CC2Cc3ccccc32)CC1. The van der Waals surface area contributed by atoms with Crippen molar-refractivity contribution in [3.8, 4) is 0 Å². The number of hydrogen-bond acceptors (Lipinski definition) is 2. The summed E-state index contributed by atoms with van der Waals surface area (Å²) in [7, 11) is 0. The highest BCUT2D eigenvalue weighted by molar-refractivity contribution is 5.40. The topological polar surface area (TPSA) is 23.5 Å². The van der Waals surface area contributed by atoms with Crippen molar-refractivity contribution in [1.82, 2.24) is 4.90 Å². The molecule has 0 aromatic heterocycles. The predicted molar refractivity (Wildman–Crippen MR) is 73.7 cm³/mol. The summed E-state index contributed by atoms with van der Waals surface area (Å²) < 4.78 is 0. The molecule has 2 unspecified atom stereocenters. The van der Waals surface area contributed by atoms with E-state index in [0.29, 0.717) is 5.92 Å². The highest BCUT2D eigenvalue weighted by Gasteiger charge is 2.29. The van der Waals surface area contributed by atoms with E-state index in [1.807, 2.05) is 6.92 Å². The molecular weight excluding hydrogens is 222 g/mol. The number of aliphatic hydroxyl groups excluding tert-OH is 1. The minimum atomic E-state index is -0.128. The van der Waals surface area contributed by atoms with Gasteiger partial charge >= 0.3 is 0 Å². The molecule has 1 aliphatic heterocycles. The third kappa shape index (κ3) is 2.32. The average molecular weight is 245 g/mol. The van der Waals surface area contributed by atoms with Crippen molar-refractivity contribution in [2.45, 2.75) is 38.2 Å². The summed E-state index contributed by atoms with van der Waals surface area (Å²) in [6.07, 6.45) is 3.45. The lowest BCUT2D eigenvalue weighted by molar-refractivity contribution is 0.0690. The molecule has 0 radical (unpaired) electrons. The van der Waals surface area contributed by atoms with Gasteiger partial charge in [-0.25, -0.2) is 0 Å². The first-order valence-corrected chi connectivity index (χ1v) is 7.22. The Hall–Kier alpha value is -0.860. The number of rotatable bonds is 3. The third-order valence-corrected chi connectivity index (χ3v) is 4.75. The highest BCUT2D eigenvalue weighted by atomic mass is 16.3. The van der Waals surface area contributed by atoms with Crippen LogP contribution in [0.2, 0.25) is 0 Å². The summed E-state index contributed by atoms with van der Waals surface area (Å²) in [4.78, 5) is 2.58. The second-order valence-corrected chi connectivity index (χ2v) is 5.98. The van der Waals surface area contributed by atoms with Crippen molar-refractivity contribution < 1.29 is 5.11 Å². The van der Waals surface area contributed by atoms with Crippen LogP contribution in [-0.4, -0.2) is 35.7 Å². The molecular formula is C16H23NO. The van der Waals surface area contributed by atoms with Crippen molar-refractivity contribution in [1.29, 1.82) is 0 Å². The number of aliphatic hydroxyl groups is 1. The standard InChI is InChI=1S/C16H23NO/c1-12(18)13-6-8-17(9-7-13)11-15-10-14-4-2-3-5-16(14)15/h2-5,12-13,15,18H,6-11H2,1H3. The van der Waals surface area contributed by atoms with Gasteiger partial charge in [0.1, 0.15) is 0 Å². The van der Waals surface area contributed by atoms with Crippen molar-refractivity contribution in [3.63, 3.8) is 0 Å². The molecule has 3 rings (SSSR count). The van der Waals surface area contributed by atoms with E-state index in [2.05, 4.69) is 29.2 Å². The van der Waals surface area contributed by atoms with Gasteiger partial charge in [0.25, 0.3) is 0 Å². The van der Waals surface area contributed by atoms with E-state index in [1.54, 1.807) is 11.1 Å². The van der Waals surface area contributed by atoms with E-state index >= 15 is 0 Å². The number of nitrogens with zero attached hydrogens (tertiary/aromatic N) is 1. The van der Waals surface area contributed by atoms with E-state index in [-0.39, 0.29) is 6.10 Å². The molecule has 1 fully saturated rings. The fourth-order valence-corrected chi connectivity index (χ4v) is 3.46. The summed E-state index contributed by atoms with van der Waals surface area (Å²) in [6.45, 7) is 5.47. The fraction of sp³-hybridized carbons (Fsp3) is 0.625. The molecule has 0 saturated carbocycles. The molecule has 18 heavy (non-hydrogen) atoms. The maximum absolute atomic E-state index is 9.61. The van der Waals surface area contributed by atoms with Crippen molar-refractivity contribution >= 4 is 0 Å². The predicted octanol–water partition coefficient (Wildman–Crippen LogP) is 2.42. The summed E-state index contributed by atoms with van der Waals surface area (Å²) in [6, 6.07) is 8.84. The lowest BCUT2D eigenvalue weighted by atomic mass is 9.77. The molecule has 1 saturated heterocycles. The van der Waals surface area contributed by atoms with E-state index in [9.17, 15) is 5.11 Å². The Morgan fingerprint density at radius 3 is 2.67 bits per heavy atom. The van der Waals surface area contributed by atoms with Gasteiger partial charge in [-0.2, -0.15) is 0 Å². The van der Waals surface area contributed by atoms with Crippen LogP contribution >= 0.6 is 0 Å². The molecule has 1 N–H and O–H groups in total. The van der Waals surface area contributed by atoms with Crippen molar-refractivity contribution in [3.05, 3.63) is 35.4 Å². The smallest absolute Gasteiger partial charge is 0.0541 e. The van der Waals surface area contributed by atoms with Crippen LogP contribution in [0.3, 0.4) is 0 Å². The average Bonchev–Trinajstić information content (AvgIpc) is 2.36. The summed E-state index contributed by atoms with van der Waals surface area (Å²) in [5.41, 5.74) is 3.11. The van der Waals surface area contributed by atoms with Gasteiger partial charge in [-0.15, -0.1) is 0 Å². The second kappa shape index (κ2) is 5.02. The van der Waals surface area contributed by atoms with Crippen LogP contribution < -0.4 is 0 Å². The van der Waals surface area contributed by atoms with E-state index < -0.39 is 0 Å². The van der Waals surface area contributed by atoms with E-state index in [4.69, 9.17) is 0 Å². The highest BCUT2D eigenvalue weighted by Crippen LogP contribution is 2.36. The van der Waals surface area contributed by atoms with Gasteiger partial charge in [0.2, 0.25) is 0 Å². The molecule has 1 aliphatic carbocycles. The first kappa shape index (κ1) is 12.2. The molecule has 2 nitrogen and oxygen atoms in total. The monoisotopic (exact) mass is 245 g/mol. The van der Waals surface area contributed by atoms with Gasteiger partial charge in [0.15, 0.2) is 0 Å². The summed E-state index contributed by atoms with van der Waals surface area (Å²) >= 11 is 0. The lowest BCUT2D eigenvalue weighted by Gasteiger charge is -2.38. The van der Waals surface area contributed by atoms with Crippen molar-refractivity contribution in [2.24, 2.45) is 5.92 Å². The Morgan fingerprint density at radius 2 is 2.00 bits per heavy atom. The van der Waals surface area contributed by atoms with Crippen LogP contribution in [0.25, 0.3) is 0 Å². The fourth-order valence-electron chi connectivity index (χ4n) is 3.46. The van der Waals surface area contributed by atoms with Crippen LogP contribution in [0.15, 0.2) is 24.3 Å². The molecule has 2 atom stereocenters. The molecule has 2 aliphatic rings. The first-order chi connectivity index (χ1) is 8.74. The van der Waals surface area contributed by atoms with E-state index in [0.717, 1.165) is 31.8 Å². The molecule has 0 spiro atoms. The Bertz CT molecular complexity index is 407. The Morgan fingerprint density at radius 1 is 1.28 bits per heavy atom. The number of likely N-dealkylation sites (tertiary alicyclic amines) is 1. The largest absolute Gasteiger partial charge is 0.393 e. The van der Waals surface area contributed by atoms with Crippen LogP contribution in [-0.2, 0) is 6.42 Å². The third-order valence-electron chi connectivity index (χ3n) is 4.75. The minimum Gasteiger partial charge on any atom is -0.393 e. The second-order valence-electron chi connectivity index (χ2n) is 5.98. The molecule has 98 valence electrons. The molecule has 2 heteroatoms. The molecule has 1 aromatic rings. The van der Waals surface area contributed by atoms with Gasteiger partial charge < -0.3 is 10.0 Å². The Kier molecular flexibility index (Phi) is 3.40. The zero-order valence-corrected chi connectivity index (χ0v) is 11.2. The van der Waals surface area contributed by atoms with Crippen LogP contribution in [0.4, 0.5) is 0 Å². The maximum atomic E-state index is 9.61. The first-order valence-electron chi connectivity index (χ1n) is 7.22. The van der Waals surface area contributed by atoms with Gasteiger partial charge in [-0.05, 0) is 56.3 Å². The van der Waals surface area contributed by atoms with Gasteiger partial charge in [0.05, 0.1) is 6.10 Å². The van der Waals surface area contributed by atoms with Gasteiger partial charge in [-0.3, -0.25) is 0 Å².